The average molecular weight is 249 g/mol. The van der Waals surface area contributed by atoms with E-state index in [1.54, 1.807) is 13.8 Å². The van der Waals surface area contributed by atoms with Gasteiger partial charge < -0.3 is 10.4 Å². The standard InChI is InChI=1S/C14H19NO3/c1-9-7-5-6-8-11(9)14(3,4)13(18)15-10(2)12(16)17/h5-8,10H,1-4H3,(H,15,18)(H,16,17)/t10-/m1/s1. The van der Waals surface area contributed by atoms with Crippen molar-refractivity contribution in [2.75, 3.05) is 0 Å². The fraction of sp³-hybridized carbons (Fsp3) is 0.429. The molecular weight excluding hydrogens is 230 g/mol. The Balaban J connectivity index is 2.97. The second-order valence-electron chi connectivity index (χ2n) is 4.97. The number of carboxylic acids is 1. The highest BCUT2D eigenvalue weighted by atomic mass is 16.4. The molecule has 0 unspecified atom stereocenters. The van der Waals surface area contributed by atoms with E-state index in [1.165, 1.54) is 6.92 Å². The van der Waals surface area contributed by atoms with E-state index in [4.69, 9.17) is 5.11 Å². The lowest BCUT2D eigenvalue weighted by Gasteiger charge is -2.27. The molecule has 0 aromatic heterocycles. The Kier molecular flexibility index (Phi) is 4.11. The van der Waals surface area contributed by atoms with E-state index in [9.17, 15) is 9.59 Å². The number of nitrogens with one attached hydrogen (secondary N) is 1. The highest BCUT2D eigenvalue weighted by molar-refractivity contribution is 5.90. The maximum atomic E-state index is 12.2. The molecular formula is C14H19NO3. The largest absolute Gasteiger partial charge is 0.480 e. The zero-order valence-corrected chi connectivity index (χ0v) is 11.2. The molecule has 0 aliphatic rings. The molecule has 1 rings (SSSR count). The van der Waals surface area contributed by atoms with Crippen LogP contribution in [-0.4, -0.2) is 23.0 Å². The smallest absolute Gasteiger partial charge is 0.325 e. The van der Waals surface area contributed by atoms with Gasteiger partial charge in [-0.25, -0.2) is 0 Å². The third kappa shape index (κ3) is 2.88. The van der Waals surface area contributed by atoms with E-state index in [0.29, 0.717) is 0 Å². The monoisotopic (exact) mass is 249 g/mol. The zero-order valence-electron chi connectivity index (χ0n) is 11.2. The predicted octanol–water partition coefficient (Wildman–Crippen LogP) is 1.86. The molecule has 1 aromatic rings. The predicted molar refractivity (Wildman–Crippen MR) is 69.4 cm³/mol. The van der Waals surface area contributed by atoms with Crippen LogP contribution in [0, 0.1) is 6.92 Å². The molecule has 98 valence electrons. The SMILES string of the molecule is Cc1ccccc1C(C)(C)C(=O)N[C@H](C)C(=O)O. The van der Waals surface area contributed by atoms with Crippen LogP contribution in [0.4, 0.5) is 0 Å². The molecule has 1 atom stereocenters. The first kappa shape index (κ1) is 14.2. The van der Waals surface area contributed by atoms with Crippen LogP contribution in [0.3, 0.4) is 0 Å². The maximum absolute atomic E-state index is 12.2. The van der Waals surface area contributed by atoms with Crippen molar-refractivity contribution in [3.8, 4) is 0 Å². The van der Waals surface area contributed by atoms with Crippen molar-refractivity contribution in [2.24, 2.45) is 0 Å². The van der Waals surface area contributed by atoms with Crippen LogP contribution < -0.4 is 5.32 Å². The Hall–Kier alpha value is -1.84. The van der Waals surface area contributed by atoms with Crippen LogP contribution >= 0.6 is 0 Å². The molecule has 0 fully saturated rings. The van der Waals surface area contributed by atoms with E-state index in [1.807, 2.05) is 31.2 Å². The first-order valence-corrected chi connectivity index (χ1v) is 5.86. The van der Waals surface area contributed by atoms with Crippen LogP contribution in [0.5, 0.6) is 0 Å². The summed E-state index contributed by atoms with van der Waals surface area (Å²) in [5, 5.41) is 11.3. The third-order valence-electron chi connectivity index (χ3n) is 3.10. The van der Waals surface area contributed by atoms with Crippen molar-refractivity contribution in [3.63, 3.8) is 0 Å². The summed E-state index contributed by atoms with van der Waals surface area (Å²) in [5.41, 5.74) is 1.16. The van der Waals surface area contributed by atoms with E-state index in [-0.39, 0.29) is 5.91 Å². The van der Waals surface area contributed by atoms with Crippen LogP contribution in [-0.2, 0) is 15.0 Å². The van der Waals surface area contributed by atoms with Crippen molar-refractivity contribution in [3.05, 3.63) is 35.4 Å². The number of aliphatic carboxylic acids is 1. The lowest BCUT2D eigenvalue weighted by molar-refractivity contribution is -0.142. The topological polar surface area (TPSA) is 66.4 Å². The Morgan fingerprint density at radius 3 is 2.33 bits per heavy atom. The van der Waals surface area contributed by atoms with Gasteiger partial charge in [0.15, 0.2) is 0 Å². The fourth-order valence-electron chi connectivity index (χ4n) is 1.84. The van der Waals surface area contributed by atoms with Gasteiger partial charge in [0.25, 0.3) is 0 Å². The minimum absolute atomic E-state index is 0.285. The minimum atomic E-state index is -1.04. The molecule has 0 heterocycles. The second kappa shape index (κ2) is 5.21. The van der Waals surface area contributed by atoms with E-state index < -0.39 is 17.4 Å². The van der Waals surface area contributed by atoms with Crippen LogP contribution in [0.2, 0.25) is 0 Å². The van der Waals surface area contributed by atoms with Crippen molar-refractivity contribution >= 4 is 11.9 Å². The normalized spacial score (nSPS) is 12.9. The number of carbonyl (C=O) groups excluding carboxylic acids is 1. The van der Waals surface area contributed by atoms with Gasteiger partial charge in [0.1, 0.15) is 6.04 Å². The number of amides is 1. The highest BCUT2D eigenvalue weighted by Gasteiger charge is 2.32. The second-order valence-corrected chi connectivity index (χ2v) is 4.97. The van der Waals surface area contributed by atoms with Gasteiger partial charge >= 0.3 is 5.97 Å². The third-order valence-corrected chi connectivity index (χ3v) is 3.10. The lowest BCUT2D eigenvalue weighted by Crippen LogP contribution is -2.47. The van der Waals surface area contributed by atoms with Gasteiger partial charge in [-0.05, 0) is 38.8 Å². The van der Waals surface area contributed by atoms with Crippen LogP contribution in [0.25, 0.3) is 0 Å². The zero-order chi connectivity index (χ0) is 13.9. The number of carboxylic acid groups (broad SMARTS) is 1. The molecule has 18 heavy (non-hydrogen) atoms. The molecule has 0 aliphatic heterocycles. The Labute approximate surface area is 107 Å². The molecule has 1 aromatic carbocycles. The number of hydrogen-bond acceptors (Lipinski definition) is 2. The first-order valence-electron chi connectivity index (χ1n) is 5.86. The van der Waals surface area contributed by atoms with Crippen molar-refractivity contribution in [2.45, 2.75) is 39.2 Å². The van der Waals surface area contributed by atoms with Crippen LogP contribution in [0.15, 0.2) is 24.3 Å². The van der Waals surface area contributed by atoms with Crippen molar-refractivity contribution in [1.29, 1.82) is 0 Å². The summed E-state index contributed by atoms with van der Waals surface area (Å²) in [6.45, 7) is 6.97. The van der Waals surface area contributed by atoms with Gasteiger partial charge in [0.05, 0.1) is 5.41 Å². The lowest BCUT2D eigenvalue weighted by atomic mass is 9.81. The Morgan fingerprint density at radius 1 is 1.28 bits per heavy atom. The molecule has 1 amide bonds. The van der Waals surface area contributed by atoms with E-state index in [0.717, 1.165) is 11.1 Å². The molecule has 0 radical (unpaired) electrons. The summed E-state index contributed by atoms with van der Waals surface area (Å²) in [6, 6.07) is 6.72. The summed E-state index contributed by atoms with van der Waals surface area (Å²) in [4.78, 5) is 22.9. The number of rotatable bonds is 4. The highest BCUT2D eigenvalue weighted by Crippen LogP contribution is 2.26. The van der Waals surface area contributed by atoms with Gasteiger partial charge in [-0.15, -0.1) is 0 Å². The molecule has 0 saturated carbocycles. The van der Waals surface area contributed by atoms with E-state index in [2.05, 4.69) is 5.32 Å². The summed E-state index contributed by atoms with van der Waals surface area (Å²) in [7, 11) is 0. The first-order chi connectivity index (χ1) is 8.26. The van der Waals surface area contributed by atoms with E-state index >= 15 is 0 Å². The molecule has 4 nitrogen and oxygen atoms in total. The van der Waals surface area contributed by atoms with Crippen molar-refractivity contribution in [1.82, 2.24) is 5.32 Å². The summed E-state index contributed by atoms with van der Waals surface area (Å²) < 4.78 is 0. The summed E-state index contributed by atoms with van der Waals surface area (Å²) >= 11 is 0. The number of carbonyl (C=O) groups is 2. The van der Waals surface area contributed by atoms with Gasteiger partial charge in [-0.3, -0.25) is 9.59 Å². The number of aryl methyl sites for hydroxylation is 1. The summed E-state index contributed by atoms with van der Waals surface area (Å²) in [5.74, 6) is -1.32. The quantitative estimate of drug-likeness (QED) is 0.856. The number of benzene rings is 1. The fourth-order valence-corrected chi connectivity index (χ4v) is 1.84. The maximum Gasteiger partial charge on any atom is 0.325 e. The summed E-state index contributed by atoms with van der Waals surface area (Å²) in [6.07, 6.45) is 0. The number of hydrogen-bond donors (Lipinski definition) is 2. The van der Waals surface area contributed by atoms with Gasteiger partial charge in [-0.2, -0.15) is 0 Å². The molecule has 4 heteroatoms. The van der Waals surface area contributed by atoms with Crippen LogP contribution in [0.1, 0.15) is 31.9 Å². The van der Waals surface area contributed by atoms with Gasteiger partial charge in [0.2, 0.25) is 5.91 Å². The molecule has 2 N–H and O–H groups in total. The average Bonchev–Trinajstić information content (AvgIpc) is 2.28. The minimum Gasteiger partial charge on any atom is -0.480 e. The Morgan fingerprint density at radius 2 is 1.83 bits per heavy atom. The van der Waals surface area contributed by atoms with Gasteiger partial charge in [-0.1, -0.05) is 24.3 Å². The molecule has 0 saturated heterocycles. The van der Waals surface area contributed by atoms with Gasteiger partial charge in [0, 0.05) is 0 Å². The molecule has 0 aliphatic carbocycles. The molecule has 0 spiro atoms. The molecule has 0 bridgehead atoms. The Bertz CT molecular complexity index is 466. The van der Waals surface area contributed by atoms with Crippen molar-refractivity contribution < 1.29 is 14.7 Å².